The lowest BCUT2D eigenvalue weighted by Gasteiger charge is -2.51. The number of aliphatic hydroxyl groups is 1. The number of rotatable bonds is 5. The molecule has 2 fully saturated rings. The molecule has 0 aromatic carbocycles. The zero-order chi connectivity index (χ0) is 18.0. The number of nitrogens with zero attached hydrogens (tertiary/aromatic N) is 2. The van der Waals surface area contributed by atoms with Crippen molar-refractivity contribution in [1.82, 2.24) is 9.80 Å². The first-order valence-corrected chi connectivity index (χ1v) is 10.6. The van der Waals surface area contributed by atoms with Gasteiger partial charge in [-0.3, -0.25) is 9.80 Å². The molecule has 0 unspecified atom stereocenters. The van der Waals surface area contributed by atoms with Crippen LogP contribution in [0.5, 0.6) is 0 Å². The standard InChI is InChI=1S/C21H30N2O2S/c1-17-4-5-20(26-17)15-22-9-6-21(7-10-22)8-11-23(13-18(21)16-24)14-19-3-2-12-25-19/h2-5,12,18,24H,6-11,13-16H2,1H3/t18-/m0/s1. The second-order valence-corrected chi connectivity index (χ2v) is 9.47. The maximum Gasteiger partial charge on any atom is 0.117 e. The van der Waals surface area contributed by atoms with E-state index >= 15 is 0 Å². The average molecular weight is 375 g/mol. The Morgan fingerprint density at radius 2 is 1.88 bits per heavy atom. The molecule has 1 spiro atoms. The van der Waals surface area contributed by atoms with E-state index < -0.39 is 0 Å². The van der Waals surface area contributed by atoms with Crippen molar-refractivity contribution < 1.29 is 9.52 Å². The smallest absolute Gasteiger partial charge is 0.117 e. The van der Waals surface area contributed by atoms with E-state index in [1.807, 2.05) is 23.5 Å². The second-order valence-electron chi connectivity index (χ2n) is 8.09. The Hall–Kier alpha value is -1.14. The first-order chi connectivity index (χ1) is 12.7. The molecule has 0 radical (unpaired) electrons. The van der Waals surface area contributed by atoms with Gasteiger partial charge in [-0.25, -0.2) is 0 Å². The summed E-state index contributed by atoms with van der Waals surface area (Å²) in [5.41, 5.74) is 0.330. The minimum Gasteiger partial charge on any atom is -0.468 e. The van der Waals surface area contributed by atoms with Gasteiger partial charge in [0.1, 0.15) is 5.76 Å². The van der Waals surface area contributed by atoms with Gasteiger partial charge in [0, 0.05) is 35.4 Å². The van der Waals surface area contributed by atoms with E-state index in [9.17, 15) is 5.11 Å². The molecule has 4 rings (SSSR count). The first-order valence-electron chi connectivity index (χ1n) is 9.80. The molecule has 1 atom stereocenters. The summed E-state index contributed by atoms with van der Waals surface area (Å²) < 4.78 is 5.50. The fourth-order valence-electron chi connectivity index (χ4n) is 4.80. The molecule has 2 saturated heterocycles. The maximum absolute atomic E-state index is 10.1. The number of piperidine rings is 2. The Bertz CT molecular complexity index is 689. The Balaban J connectivity index is 1.33. The third kappa shape index (κ3) is 3.91. The van der Waals surface area contributed by atoms with Crippen molar-refractivity contribution in [2.24, 2.45) is 11.3 Å². The second kappa shape index (κ2) is 7.85. The molecule has 4 nitrogen and oxygen atoms in total. The SMILES string of the molecule is Cc1ccc(CN2CCC3(CC2)CCN(Cc2ccco2)C[C@H]3CO)s1. The zero-order valence-electron chi connectivity index (χ0n) is 15.7. The molecule has 0 aliphatic carbocycles. The first kappa shape index (κ1) is 18.2. The van der Waals surface area contributed by atoms with E-state index in [-0.39, 0.29) is 0 Å². The Labute approximate surface area is 160 Å². The highest BCUT2D eigenvalue weighted by atomic mass is 32.1. The van der Waals surface area contributed by atoms with Crippen LogP contribution >= 0.6 is 11.3 Å². The highest BCUT2D eigenvalue weighted by molar-refractivity contribution is 7.11. The highest BCUT2D eigenvalue weighted by Gasteiger charge is 2.44. The van der Waals surface area contributed by atoms with E-state index in [0.717, 1.165) is 45.0 Å². The number of hydrogen-bond donors (Lipinski definition) is 1. The fourth-order valence-corrected chi connectivity index (χ4v) is 5.74. The lowest BCUT2D eigenvalue weighted by molar-refractivity contribution is -0.0461. The number of aryl methyl sites for hydroxylation is 1. The van der Waals surface area contributed by atoms with Crippen LogP contribution in [-0.4, -0.2) is 47.7 Å². The van der Waals surface area contributed by atoms with Crippen LogP contribution in [0.25, 0.3) is 0 Å². The van der Waals surface area contributed by atoms with E-state index in [1.165, 1.54) is 29.0 Å². The van der Waals surface area contributed by atoms with Gasteiger partial charge in [-0.05, 0) is 75.5 Å². The predicted octanol–water partition coefficient (Wildman–Crippen LogP) is 3.75. The van der Waals surface area contributed by atoms with Crippen LogP contribution in [0.1, 0.15) is 34.8 Å². The normalized spacial score (nSPS) is 24.3. The van der Waals surface area contributed by atoms with Crippen LogP contribution in [0, 0.1) is 18.3 Å². The Morgan fingerprint density at radius 1 is 1.12 bits per heavy atom. The van der Waals surface area contributed by atoms with Crippen LogP contribution in [0.15, 0.2) is 34.9 Å². The van der Waals surface area contributed by atoms with Crippen LogP contribution in [0.4, 0.5) is 0 Å². The van der Waals surface area contributed by atoms with Crippen LogP contribution < -0.4 is 0 Å². The molecule has 1 N–H and O–H groups in total. The zero-order valence-corrected chi connectivity index (χ0v) is 16.5. The molecule has 2 aromatic heterocycles. The molecule has 2 aliphatic heterocycles. The molecule has 5 heteroatoms. The molecule has 4 heterocycles. The molecule has 0 saturated carbocycles. The van der Waals surface area contributed by atoms with Crippen LogP contribution in [0.2, 0.25) is 0 Å². The maximum atomic E-state index is 10.1. The summed E-state index contributed by atoms with van der Waals surface area (Å²) in [5.74, 6) is 1.41. The summed E-state index contributed by atoms with van der Waals surface area (Å²) in [5, 5.41) is 10.1. The van der Waals surface area contributed by atoms with Crippen molar-refractivity contribution in [3.05, 3.63) is 46.0 Å². The van der Waals surface area contributed by atoms with Crippen molar-refractivity contribution in [2.75, 3.05) is 32.8 Å². The molecular formula is C21H30N2O2S. The molecule has 142 valence electrons. The molecule has 2 aromatic rings. The topological polar surface area (TPSA) is 39.9 Å². The van der Waals surface area contributed by atoms with Crippen molar-refractivity contribution in [3.63, 3.8) is 0 Å². The molecule has 2 aliphatic rings. The third-order valence-corrected chi connectivity index (χ3v) is 7.46. The Kier molecular flexibility index (Phi) is 5.50. The van der Waals surface area contributed by atoms with Gasteiger partial charge in [-0.15, -0.1) is 11.3 Å². The largest absolute Gasteiger partial charge is 0.468 e. The fraction of sp³-hybridized carbons (Fsp3) is 0.619. The predicted molar refractivity (Wildman–Crippen MR) is 105 cm³/mol. The number of aliphatic hydroxyl groups excluding tert-OH is 1. The van der Waals surface area contributed by atoms with Gasteiger partial charge >= 0.3 is 0 Å². The van der Waals surface area contributed by atoms with Gasteiger partial charge in [0.2, 0.25) is 0 Å². The Morgan fingerprint density at radius 3 is 2.50 bits per heavy atom. The minimum absolute atomic E-state index is 0.304. The number of furan rings is 1. The molecule has 0 amide bonds. The minimum atomic E-state index is 0.304. The highest BCUT2D eigenvalue weighted by Crippen LogP contribution is 2.45. The third-order valence-electron chi connectivity index (χ3n) is 6.48. The van der Waals surface area contributed by atoms with Gasteiger partial charge in [0.05, 0.1) is 12.8 Å². The monoisotopic (exact) mass is 374 g/mol. The quantitative estimate of drug-likeness (QED) is 0.865. The molecular weight excluding hydrogens is 344 g/mol. The molecule has 0 bridgehead atoms. The summed E-state index contributed by atoms with van der Waals surface area (Å²) >= 11 is 1.92. The summed E-state index contributed by atoms with van der Waals surface area (Å²) in [7, 11) is 0. The van der Waals surface area contributed by atoms with E-state index in [4.69, 9.17) is 4.42 Å². The van der Waals surface area contributed by atoms with E-state index in [1.54, 1.807) is 6.26 Å². The molecule has 26 heavy (non-hydrogen) atoms. The van der Waals surface area contributed by atoms with Crippen LogP contribution in [-0.2, 0) is 13.1 Å². The lowest BCUT2D eigenvalue weighted by Crippen LogP contribution is -2.53. The van der Waals surface area contributed by atoms with Crippen molar-refractivity contribution >= 4 is 11.3 Å². The van der Waals surface area contributed by atoms with Gasteiger partial charge in [-0.2, -0.15) is 0 Å². The summed E-state index contributed by atoms with van der Waals surface area (Å²) in [4.78, 5) is 7.93. The van der Waals surface area contributed by atoms with Gasteiger partial charge < -0.3 is 9.52 Å². The van der Waals surface area contributed by atoms with E-state index in [0.29, 0.717) is 17.9 Å². The number of thiophene rings is 1. The van der Waals surface area contributed by atoms with Crippen LogP contribution in [0.3, 0.4) is 0 Å². The van der Waals surface area contributed by atoms with Gasteiger partial charge in [0.25, 0.3) is 0 Å². The lowest BCUT2D eigenvalue weighted by atomic mass is 9.64. The van der Waals surface area contributed by atoms with Crippen molar-refractivity contribution in [3.8, 4) is 0 Å². The number of hydrogen-bond acceptors (Lipinski definition) is 5. The van der Waals surface area contributed by atoms with Crippen molar-refractivity contribution in [2.45, 2.75) is 39.3 Å². The average Bonchev–Trinajstić information content (AvgIpc) is 3.30. The van der Waals surface area contributed by atoms with Gasteiger partial charge in [-0.1, -0.05) is 0 Å². The van der Waals surface area contributed by atoms with E-state index in [2.05, 4.69) is 28.9 Å². The van der Waals surface area contributed by atoms with Crippen molar-refractivity contribution in [1.29, 1.82) is 0 Å². The number of likely N-dealkylation sites (tertiary alicyclic amines) is 2. The summed E-state index contributed by atoms with van der Waals surface area (Å²) in [6.45, 7) is 8.85. The summed E-state index contributed by atoms with van der Waals surface area (Å²) in [6, 6.07) is 8.49. The summed E-state index contributed by atoms with van der Waals surface area (Å²) in [6.07, 6.45) is 5.38. The van der Waals surface area contributed by atoms with Gasteiger partial charge in [0.15, 0.2) is 0 Å².